The SMILES string of the molecule is CNCCN1C(=O)[C@H](C)S[C@@H]1c1cccc(C(F)(F)F)c1. The van der Waals surface area contributed by atoms with Crippen molar-refractivity contribution in [2.24, 2.45) is 0 Å². The molecule has 0 unspecified atom stereocenters. The first-order valence-corrected chi connectivity index (χ1v) is 7.56. The largest absolute Gasteiger partial charge is 0.416 e. The lowest BCUT2D eigenvalue weighted by atomic mass is 10.1. The third-order valence-corrected chi connectivity index (χ3v) is 4.74. The van der Waals surface area contributed by atoms with Gasteiger partial charge in [0, 0.05) is 13.1 Å². The minimum absolute atomic E-state index is 0.0299. The molecule has 0 saturated carbocycles. The molecule has 0 bridgehead atoms. The van der Waals surface area contributed by atoms with Crippen LogP contribution in [0.1, 0.15) is 23.4 Å². The summed E-state index contributed by atoms with van der Waals surface area (Å²) < 4.78 is 38.4. The lowest BCUT2D eigenvalue weighted by Gasteiger charge is -2.24. The van der Waals surface area contributed by atoms with Crippen LogP contribution in [-0.4, -0.2) is 36.2 Å². The van der Waals surface area contributed by atoms with Crippen LogP contribution in [0.2, 0.25) is 0 Å². The van der Waals surface area contributed by atoms with Crippen LogP contribution in [0.5, 0.6) is 0 Å². The summed E-state index contributed by atoms with van der Waals surface area (Å²) in [4.78, 5) is 13.8. The molecule has 1 saturated heterocycles. The average molecular weight is 318 g/mol. The van der Waals surface area contributed by atoms with Crippen molar-refractivity contribution in [1.82, 2.24) is 10.2 Å². The first kappa shape index (κ1) is 16.2. The summed E-state index contributed by atoms with van der Waals surface area (Å²) in [5, 5.41) is 2.36. The number of hydrogen-bond acceptors (Lipinski definition) is 3. The lowest BCUT2D eigenvalue weighted by molar-refractivity contribution is -0.137. The van der Waals surface area contributed by atoms with Crippen LogP contribution >= 0.6 is 11.8 Å². The lowest BCUT2D eigenvalue weighted by Crippen LogP contribution is -2.35. The summed E-state index contributed by atoms with van der Waals surface area (Å²) >= 11 is 1.39. The molecule has 2 rings (SSSR count). The first-order chi connectivity index (χ1) is 9.84. The highest BCUT2D eigenvalue weighted by Crippen LogP contribution is 2.43. The molecule has 116 valence electrons. The summed E-state index contributed by atoms with van der Waals surface area (Å²) in [5.41, 5.74) is -0.162. The molecule has 1 aromatic carbocycles. The predicted molar refractivity (Wildman–Crippen MR) is 76.9 cm³/mol. The normalized spacial score (nSPS) is 22.9. The Bertz CT molecular complexity index is 521. The Balaban J connectivity index is 2.29. The molecule has 1 N–H and O–H groups in total. The molecule has 1 amide bonds. The zero-order chi connectivity index (χ0) is 15.6. The van der Waals surface area contributed by atoms with Gasteiger partial charge >= 0.3 is 6.18 Å². The molecule has 7 heteroatoms. The number of nitrogens with one attached hydrogen (secondary N) is 1. The third kappa shape index (κ3) is 3.52. The highest BCUT2D eigenvalue weighted by atomic mass is 32.2. The Labute approximate surface area is 125 Å². The van der Waals surface area contributed by atoms with Gasteiger partial charge in [0.15, 0.2) is 0 Å². The molecule has 0 aromatic heterocycles. The molecule has 0 aliphatic carbocycles. The number of carbonyl (C=O) groups excluding carboxylic acids is 1. The van der Waals surface area contributed by atoms with E-state index in [4.69, 9.17) is 0 Å². The maximum absolute atomic E-state index is 12.8. The molecule has 1 aromatic rings. The second-order valence-corrected chi connectivity index (χ2v) is 6.31. The molecule has 0 radical (unpaired) electrons. The van der Waals surface area contributed by atoms with Crippen molar-refractivity contribution < 1.29 is 18.0 Å². The van der Waals surface area contributed by atoms with Crippen molar-refractivity contribution in [2.45, 2.75) is 23.7 Å². The molecule has 2 atom stereocenters. The molecular formula is C14H17F3N2OS. The van der Waals surface area contributed by atoms with Gasteiger partial charge in [0.1, 0.15) is 5.37 Å². The fourth-order valence-electron chi connectivity index (χ4n) is 2.26. The molecule has 0 spiro atoms. The van der Waals surface area contributed by atoms with Gasteiger partial charge in [0.2, 0.25) is 5.91 Å². The van der Waals surface area contributed by atoms with Crippen LogP contribution in [0.15, 0.2) is 24.3 Å². The average Bonchev–Trinajstić information content (AvgIpc) is 2.72. The molecular weight excluding hydrogens is 301 g/mol. The van der Waals surface area contributed by atoms with Gasteiger partial charge < -0.3 is 10.2 Å². The Kier molecular flexibility index (Phi) is 4.83. The van der Waals surface area contributed by atoms with E-state index >= 15 is 0 Å². The van der Waals surface area contributed by atoms with E-state index in [1.807, 2.05) is 0 Å². The first-order valence-electron chi connectivity index (χ1n) is 6.62. The van der Waals surface area contributed by atoms with Gasteiger partial charge in [-0.25, -0.2) is 0 Å². The van der Waals surface area contributed by atoms with E-state index in [0.29, 0.717) is 18.7 Å². The maximum atomic E-state index is 12.8. The summed E-state index contributed by atoms with van der Waals surface area (Å²) in [6.07, 6.45) is -4.37. The van der Waals surface area contributed by atoms with Gasteiger partial charge in [-0.3, -0.25) is 4.79 Å². The van der Waals surface area contributed by atoms with Crippen LogP contribution in [0.4, 0.5) is 13.2 Å². The van der Waals surface area contributed by atoms with Crippen LogP contribution in [0.25, 0.3) is 0 Å². The number of benzene rings is 1. The minimum Gasteiger partial charge on any atom is -0.324 e. The van der Waals surface area contributed by atoms with Crippen LogP contribution in [0.3, 0.4) is 0 Å². The van der Waals surface area contributed by atoms with E-state index in [1.165, 1.54) is 17.8 Å². The van der Waals surface area contributed by atoms with Crippen molar-refractivity contribution in [2.75, 3.05) is 20.1 Å². The molecule has 1 aliphatic rings. The molecule has 1 heterocycles. The minimum atomic E-state index is -4.37. The van der Waals surface area contributed by atoms with E-state index in [2.05, 4.69) is 5.32 Å². The van der Waals surface area contributed by atoms with Gasteiger partial charge in [-0.2, -0.15) is 13.2 Å². The number of likely N-dealkylation sites (N-methyl/N-ethyl adjacent to an activating group) is 1. The monoisotopic (exact) mass is 318 g/mol. The molecule has 1 fully saturated rings. The van der Waals surface area contributed by atoms with Crippen molar-refractivity contribution in [3.63, 3.8) is 0 Å². The van der Waals surface area contributed by atoms with E-state index < -0.39 is 11.7 Å². The Hall–Kier alpha value is -1.21. The van der Waals surface area contributed by atoms with Crippen molar-refractivity contribution in [1.29, 1.82) is 0 Å². The van der Waals surface area contributed by atoms with Crippen molar-refractivity contribution >= 4 is 17.7 Å². The molecule has 3 nitrogen and oxygen atoms in total. The number of thioether (sulfide) groups is 1. The van der Waals surface area contributed by atoms with Gasteiger partial charge in [-0.05, 0) is 31.7 Å². The fraction of sp³-hybridized carbons (Fsp3) is 0.500. The van der Waals surface area contributed by atoms with Crippen molar-refractivity contribution in [3.05, 3.63) is 35.4 Å². The molecule has 1 aliphatic heterocycles. The van der Waals surface area contributed by atoms with Gasteiger partial charge in [-0.1, -0.05) is 12.1 Å². The molecule has 21 heavy (non-hydrogen) atoms. The Morgan fingerprint density at radius 3 is 2.71 bits per heavy atom. The summed E-state index contributed by atoms with van der Waals surface area (Å²) in [6.45, 7) is 2.87. The zero-order valence-corrected chi connectivity index (χ0v) is 12.6. The second-order valence-electron chi connectivity index (χ2n) is 4.89. The van der Waals surface area contributed by atoms with Crippen LogP contribution in [-0.2, 0) is 11.0 Å². The number of nitrogens with zero attached hydrogens (tertiary/aromatic N) is 1. The zero-order valence-electron chi connectivity index (χ0n) is 11.8. The van der Waals surface area contributed by atoms with Crippen LogP contribution < -0.4 is 5.32 Å². The number of carbonyl (C=O) groups is 1. The van der Waals surface area contributed by atoms with Gasteiger partial charge in [0.05, 0.1) is 10.8 Å². The predicted octanol–water partition coefficient (Wildman–Crippen LogP) is 2.89. The smallest absolute Gasteiger partial charge is 0.324 e. The van der Waals surface area contributed by atoms with E-state index in [0.717, 1.165) is 12.1 Å². The second kappa shape index (κ2) is 6.27. The topological polar surface area (TPSA) is 32.3 Å². The quantitative estimate of drug-likeness (QED) is 0.926. The van der Waals surface area contributed by atoms with E-state index in [1.54, 1.807) is 24.9 Å². The standard InChI is InChI=1S/C14H17F3N2OS/c1-9-12(20)19(7-6-18-2)13(21-9)10-4-3-5-11(8-10)14(15,16)17/h3-5,8-9,13,18H,6-7H2,1-2H3/t9-,13+/m0/s1. The van der Waals surface area contributed by atoms with Gasteiger partial charge in [-0.15, -0.1) is 11.8 Å². The highest BCUT2D eigenvalue weighted by molar-refractivity contribution is 8.01. The van der Waals surface area contributed by atoms with E-state index in [9.17, 15) is 18.0 Å². The van der Waals surface area contributed by atoms with Crippen molar-refractivity contribution in [3.8, 4) is 0 Å². The Morgan fingerprint density at radius 1 is 1.38 bits per heavy atom. The third-order valence-electron chi connectivity index (χ3n) is 3.35. The Morgan fingerprint density at radius 2 is 2.10 bits per heavy atom. The van der Waals surface area contributed by atoms with E-state index in [-0.39, 0.29) is 16.5 Å². The van der Waals surface area contributed by atoms with Crippen LogP contribution in [0, 0.1) is 0 Å². The summed E-state index contributed by atoms with van der Waals surface area (Å²) in [7, 11) is 1.77. The fourth-order valence-corrected chi connectivity index (χ4v) is 3.56. The highest BCUT2D eigenvalue weighted by Gasteiger charge is 2.39. The number of rotatable bonds is 4. The summed E-state index contributed by atoms with van der Waals surface area (Å²) in [6, 6.07) is 5.22. The number of alkyl halides is 3. The maximum Gasteiger partial charge on any atom is 0.416 e. The number of hydrogen-bond donors (Lipinski definition) is 1. The van der Waals surface area contributed by atoms with Gasteiger partial charge in [0.25, 0.3) is 0 Å². The number of halogens is 3. The summed E-state index contributed by atoms with van der Waals surface area (Å²) in [5.74, 6) is -0.0299. The number of amides is 1.